The lowest BCUT2D eigenvalue weighted by Crippen LogP contribution is -2.41. The van der Waals surface area contributed by atoms with E-state index in [9.17, 15) is 18.0 Å². The van der Waals surface area contributed by atoms with Gasteiger partial charge in [0.25, 0.3) is 0 Å². The highest BCUT2D eigenvalue weighted by molar-refractivity contribution is 7.99. The second kappa shape index (κ2) is 9.71. The predicted molar refractivity (Wildman–Crippen MR) is 136 cm³/mol. The van der Waals surface area contributed by atoms with Crippen LogP contribution in [0.3, 0.4) is 0 Å². The van der Waals surface area contributed by atoms with E-state index in [0.717, 1.165) is 40.1 Å². The summed E-state index contributed by atoms with van der Waals surface area (Å²) in [6.07, 6.45) is 1.69. The Morgan fingerprint density at radius 3 is 2.38 bits per heavy atom. The Labute approximate surface area is 205 Å². The molecule has 0 aliphatic carbocycles. The number of nitrogens with one attached hydrogen (secondary N) is 1. The fourth-order valence-electron chi connectivity index (χ4n) is 4.60. The van der Waals surface area contributed by atoms with E-state index < -0.39 is 10.0 Å². The van der Waals surface area contributed by atoms with Crippen molar-refractivity contribution in [3.8, 4) is 0 Å². The lowest BCUT2D eigenvalue weighted by molar-refractivity contribution is -0.123. The summed E-state index contributed by atoms with van der Waals surface area (Å²) in [5.74, 6) is -0.236. The standard InChI is InChI=1S/C25H31N3O4S2/c1-16-11-17(2)24(18(3)12-16)26-23(29)14-28-21-13-20(34(31,32)27-9-5-6-10-27)7-8-22(21)33-15-19(4)25(28)30/h7-8,11-13,19H,5-6,9-10,14-15H2,1-4H3,(H,26,29)/t19-/m0/s1. The molecular weight excluding hydrogens is 470 g/mol. The normalized spacial score (nSPS) is 19.1. The zero-order valence-electron chi connectivity index (χ0n) is 20.1. The topological polar surface area (TPSA) is 86.8 Å². The van der Waals surface area contributed by atoms with Gasteiger partial charge in [-0.2, -0.15) is 4.31 Å². The fourth-order valence-corrected chi connectivity index (χ4v) is 7.19. The third-order valence-electron chi connectivity index (χ3n) is 6.34. The summed E-state index contributed by atoms with van der Waals surface area (Å²) < 4.78 is 27.8. The van der Waals surface area contributed by atoms with Crippen LogP contribution in [-0.2, 0) is 19.6 Å². The molecule has 2 amide bonds. The molecule has 0 radical (unpaired) electrons. The molecule has 7 nitrogen and oxygen atoms in total. The highest BCUT2D eigenvalue weighted by Gasteiger charge is 2.33. The number of amides is 2. The van der Waals surface area contributed by atoms with Gasteiger partial charge in [-0.15, -0.1) is 11.8 Å². The predicted octanol–water partition coefficient (Wildman–Crippen LogP) is 4.11. The monoisotopic (exact) mass is 501 g/mol. The van der Waals surface area contributed by atoms with Gasteiger partial charge < -0.3 is 10.2 Å². The maximum absolute atomic E-state index is 13.3. The molecule has 2 aromatic carbocycles. The Hall–Kier alpha value is -2.36. The van der Waals surface area contributed by atoms with Gasteiger partial charge in [0.05, 0.1) is 10.6 Å². The van der Waals surface area contributed by atoms with E-state index >= 15 is 0 Å². The van der Waals surface area contributed by atoms with Crippen molar-refractivity contribution >= 4 is 45.0 Å². The Kier molecular flexibility index (Phi) is 7.07. The van der Waals surface area contributed by atoms with Crippen LogP contribution >= 0.6 is 11.8 Å². The van der Waals surface area contributed by atoms with E-state index in [1.165, 1.54) is 21.0 Å². The molecule has 2 heterocycles. The minimum Gasteiger partial charge on any atom is -0.324 e. The Bertz CT molecular complexity index is 1210. The van der Waals surface area contributed by atoms with Gasteiger partial charge in [0, 0.05) is 35.3 Å². The molecule has 1 N–H and O–H groups in total. The lowest BCUT2D eigenvalue weighted by atomic mass is 10.1. The molecule has 0 bridgehead atoms. The largest absolute Gasteiger partial charge is 0.324 e. The van der Waals surface area contributed by atoms with Crippen LogP contribution in [0.2, 0.25) is 0 Å². The first-order chi connectivity index (χ1) is 16.1. The highest BCUT2D eigenvalue weighted by Crippen LogP contribution is 2.38. The zero-order valence-corrected chi connectivity index (χ0v) is 21.7. The number of fused-ring (bicyclic) bond motifs is 1. The maximum Gasteiger partial charge on any atom is 0.244 e. The molecule has 2 aliphatic rings. The molecule has 34 heavy (non-hydrogen) atoms. The van der Waals surface area contributed by atoms with Gasteiger partial charge in [-0.3, -0.25) is 9.59 Å². The van der Waals surface area contributed by atoms with Crippen LogP contribution < -0.4 is 10.2 Å². The number of benzene rings is 2. The number of thioether (sulfide) groups is 1. The highest BCUT2D eigenvalue weighted by atomic mass is 32.2. The third-order valence-corrected chi connectivity index (χ3v) is 9.56. The van der Waals surface area contributed by atoms with Crippen LogP contribution in [0.4, 0.5) is 11.4 Å². The van der Waals surface area contributed by atoms with Gasteiger partial charge in [0.1, 0.15) is 6.54 Å². The quantitative estimate of drug-likeness (QED) is 0.666. The molecular formula is C25H31N3O4S2. The summed E-state index contributed by atoms with van der Waals surface area (Å²) in [5, 5.41) is 2.96. The van der Waals surface area contributed by atoms with Crippen molar-refractivity contribution in [1.82, 2.24) is 4.31 Å². The number of hydrogen-bond acceptors (Lipinski definition) is 5. The van der Waals surface area contributed by atoms with Crippen molar-refractivity contribution in [3.63, 3.8) is 0 Å². The van der Waals surface area contributed by atoms with Gasteiger partial charge >= 0.3 is 0 Å². The first kappa shape index (κ1) is 24.8. The van der Waals surface area contributed by atoms with Crippen LogP contribution in [0.15, 0.2) is 40.1 Å². The van der Waals surface area contributed by atoms with E-state index in [-0.39, 0.29) is 29.2 Å². The number of carbonyl (C=O) groups excluding carboxylic acids is 2. The van der Waals surface area contributed by atoms with Crippen LogP contribution in [0.1, 0.15) is 36.5 Å². The molecule has 2 aromatic rings. The second-order valence-electron chi connectivity index (χ2n) is 9.20. The van der Waals surface area contributed by atoms with Gasteiger partial charge in [-0.05, 0) is 62.9 Å². The molecule has 2 aliphatic heterocycles. The number of hydrogen-bond donors (Lipinski definition) is 1. The minimum atomic E-state index is -3.65. The van der Waals surface area contributed by atoms with Crippen LogP contribution in [-0.4, -0.2) is 49.9 Å². The molecule has 0 spiro atoms. The number of nitrogens with zero attached hydrogens (tertiary/aromatic N) is 2. The summed E-state index contributed by atoms with van der Waals surface area (Å²) in [6, 6.07) is 8.93. The Morgan fingerprint density at radius 1 is 1.09 bits per heavy atom. The van der Waals surface area contributed by atoms with Crippen LogP contribution in [0.25, 0.3) is 0 Å². The average molecular weight is 502 g/mol. The zero-order chi connectivity index (χ0) is 24.6. The smallest absolute Gasteiger partial charge is 0.244 e. The average Bonchev–Trinajstić information content (AvgIpc) is 3.30. The molecule has 0 unspecified atom stereocenters. The molecule has 0 aromatic heterocycles. The third kappa shape index (κ3) is 4.87. The number of carbonyl (C=O) groups is 2. The number of anilines is 2. The summed E-state index contributed by atoms with van der Waals surface area (Å²) in [6.45, 7) is 8.55. The van der Waals surface area contributed by atoms with Crippen LogP contribution in [0, 0.1) is 26.7 Å². The first-order valence-corrected chi connectivity index (χ1v) is 14.0. The molecule has 4 rings (SSSR count). The van der Waals surface area contributed by atoms with Crippen molar-refractivity contribution in [2.24, 2.45) is 5.92 Å². The molecule has 9 heteroatoms. The lowest BCUT2D eigenvalue weighted by Gasteiger charge is -2.25. The van der Waals surface area contributed by atoms with E-state index in [1.54, 1.807) is 18.2 Å². The maximum atomic E-state index is 13.3. The van der Waals surface area contributed by atoms with Crippen molar-refractivity contribution < 1.29 is 18.0 Å². The molecule has 0 saturated carbocycles. The van der Waals surface area contributed by atoms with Crippen molar-refractivity contribution in [2.75, 3.05) is 35.6 Å². The first-order valence-electron chi connectivity index (χ1n) is 11.5. The molecule has 1 atom stereocenters. The number of aryl methyl sites for hydroxylation is 3. The van der Waals surface area contributed by atoms with Gasteiger partial charge in [0.15, 0.2) is 0 Å². The van der Waals surface area contributed by atoms with Gasteiger partial charge in [-0.25, -0.2) is 8.42 Å². The van der Waals surface area contributed by atoms with Gasteiger partial charge in [0.2, 0.25) is 21.8 Å². The SMILES string of the molecule is Cc1cc(C)c(NC(=O)CN2C(=O)[C@@H](C)CSc3ccc(S(=O)(=O)N4CCCC4)cc32)c(C)c1. The van der Waals surface area contributed by atoms with Crippen molar-refractivity contribution in [1.29, 1.82) is 0 Å². The van der Waals surface area contributed by atoms with E-state index in [1.807, 2.05) is 39.8 Å². The summed E-state index contributed by atoms with van der Waals surface area (Å²) in [5.41, 5.74) is 4.24. The van der Waals surface area contributed by atoms with Crippen LogP contribution in [0.5, 0.6) is 0 Å². The van der Waals surface area contributed by atoms with E-state index in [4.69, 9.17) is 0 Å². The van der Waals surface area contributed by atoms with Crippen molar-refractivity contribution in [2.45, 2.75) is 50.3 Å². The Balaban J connectivity index is 1.67. The fraction of sp³-hybridized carbons (Fsp3) is 0.440. The van der Waals surface area contributed by atoms with E-state index in [0.29, 0.717) is 24.5 Å². The summed E-state index contributed by atoms with van der Waals surface area (Å²) in [7, 11) is -3.65. The van der Waals surface area contributed by atoms with E-state index in [2.05, 4.69) is 5.32 Å². The minimum absolute atomic E-state index is 0.159. The Morgan fingerprint density at radius 2 is 1.74 bits per heavy atom. The van der Waals surface area contributed by atoms with Crippen molar-refractivity contribution in [3.05, 3.63) is 47.0 Å². The molecule has 1 saturated heterocycles. The van der Waals surface area contributed by atoms with Gasteiger partial charge in [-0.1, -0.05) is 24.6 Å². The summed E-state index contributed by atoms with van der Waals surface area (Å²) >= 11 is 1.51. The number of sulfonamides is 1. The number of rotatable bonds is 5. The summed E-state index contributed by atoms with van der Waals surface area (Å²) in [4.78, 5) is 28.8. The molecule has 182 valence electrons. The molecule has 1 fully saturated rings. The second-order valence-corrected chi connectivity index (χ2v) is 12.2.